The quantitative estimate of drug-likeness (QED) is 0.482. The molecule has 0 aromatic rings. The fraction of sp³-hybridized carbons (Fsp3) is 0.955. The van der Waals surface area contributed by atoms with Gasteiger partial charge in [0.05, 0.1) is 6.07 Å². The lowest BCUT2D eigenvalue weighted by Crippen LogP contribution is -2.62. The smallest absolute Gasteiger partial charge is 0.217 e. The molecule has 0 aromatic carbocycles. The molecule has 4 aliphatic rings. The van der Waals surface area contributed by atoms with Crippen LogP contribution in [0.5, 0.6) is 0 Å². The molecule has 0 spiro atoms. The van der Waals surface area contributed by atoms with E-state index in [1.807, 2.05) is 13.8 Å². The Labute approximate surface area is 158 Å². The van der Waals surface area contributed by atoms with Crippen LogP contribution < -0.4 is 0 Å². The lowest BCUT2D eigenvalue weighted by molar-refractivity contribution is -0.343. The van der Waals surface area contributed by atoms with Crippen LogP contribution in [0.4, 0.5) is 4.39 Å². The van der Waals surface area contributed by atoms with Gasteiger partial charge in [-0.15, -0.1) is 0 Å². The molecule has 4 fully saturated rings. The van der Waals surface area contributed by atoms with Crippen molar-refractivity contribution in [2.75, 3.05) is 6.61 Å². The largest absolute Gasteiger partial charge is 0.353 e. The second kappa shape index (κ2) is 7.76. The highest BCUT2D eigenvalue weighted by Gasteiger charge is 2.65. The number of nitrogens with zero attached hydrogens (tertiary/aromatic N) is 1. The first-order valence-electron chi connectivity index (χ1n) is 10.7. The number of hydrogen-bond acceptors (Lipinski definition) is 3. The van der Waals surface area contributed by atoms with Gasteiger partial charge in [0.15, 0.2) is 6.29 Å². The zero-order chi connectivity index (χ0) is 18.9. The minimum Gasteiger partial charge on any atom is -0.353 e. The monoisotopic (exact) mass is 365 g/mol. The van der Waals surface area contributed by atoms with E-state index in [1.54, 1.807) is 0 Å². The average Bonchev–Trinajstić information content (AvgIpc) is 2.61. The standard InChI is InChI=1S/C22H36FNO2/c1-5-7-25-16(4)26-22(23)19-9-17-10-20(22)13-21(11-17,12-19)18(6-2)8-15(3)14-24/h15-20H,5-13H2,1-4H3. The molecule has 0 amide bonds. The third kappa shape index (κ3) is 3.54. The molecular formula is C22H36FNO2. The van der Waals surface area contributed by atoms with Gasteiger partial charge in [-0.3, -0.25) is 0 Å². The van der Waals surface area contributed by atoms with E-state index in [0.29, 0.717) is 18.4 Å². The first kappa shape index (κ1) is 20.1. The Morgan fingerprint density at radius 2 is 1.81 bits per heavy atom. The highest BCUT2D eigenvalue weighted by atomic mass is 19.2. The summed E-state index contributed by atoms with van der Waals surface area (Å²) in [6.45, 7) is 8.77. The molecule has 5 atom stereocenters. The molecular weight excluding hydrogens is 329 g/mol. The Morgan fingerprint density at radius 1 is 1.15 bits per heavy atom. The zero-order valence-corrected chi connectivity index (χ0v) is 17.0. The van der Waals surface area contributed by atoms with Crippen LogP contribution in [0.1, 0.15) is 79.1 Å². The van der Waals surface area contributed by atoms with E-state index in [0.717, 1.165) is 44.9 Å². The molecule has 3 nitrogen and oxygen atoms in total. The van der Waals surface area contributed by atoms with E-state index in [4.69, 9.17) is 9.47 Å². The minimum absolute atomic E-state index is 0.00660. The lowest BCUT2D eigenvalue weighted by Gasteiger charge is -2.64. The molecule has 0 aliphatic heterocycles. The second-order valence-electron chi connectivity index (χ2n) is 9.33. The van der Waals surface area contributed by atoms with Gasteiger partial charge in [0.25, 0.3) is 0 Å². The van der Waals surface area contributed by atoms with Crippen molar-refractivity contribution >= 4 is 0 Å². The van der Waals surface area contributed by atoms with Crippen LogP contribution in [0.15, 0.2) is 0 Å². The number of ether oxygens (including phenoxy) is 2. The van der Waals surface area contributed by atoms with Crippen molar-refractivity contribution in [1.82, 2.24) is 0 Å². The van der Waals surface area contributed by atoms with E-state index < -0.39 is 12.1 Å². The van der Waals surface area contributed by atoms with Crippen molar-refractivity contribution in [2.24, 2.45) is 35.0 Å². The molecule has 0 radical (unpaired) electrons. The molecule has 0 saturated heterocycles. The van der Waals surface area contributed by atoms with Crippen molar-refractivity contribution in [1.29, 1.82) is 5.26 Å². The highest BCUT2D eigenvalue weighted by molar-refractivity contribution is 5.10. The predicted octanol–water partition coefficient (Wildman–Crippen LogP) is 5.84. The summed E-state index contributed by atoms with van der Waals surface area (Å²) in [5.41, 5.74) is 0.225. The Hall–Kier alpha value is -0.660. The van der Waals surface area contributed by atoms with Gasteiger partial charge in [-0.2, -0.15) is 5.26 Å². The third-order valence-corrected chi connectivity index (χ3v) is 7.47. The van der Waals surface area contributed by atoms with Crippen LogP contribution in [0.3, 0.4) is 0 Å². The molecule has 4 saturated carbocycles. The van der Waals surface area contributed by atoms with Crippen molar-refractivity contribution in [3.05, 3.63) is 0 Å². The molecule has 4 heteroatoms. The maximum absolute atomic E-state index is 16.1. The van der Waals surface area contributed by atoms with E-state index in [1.165, 1.54) is 6.42 Å². The Bertz CT molecular complexity index is 515. The van der Waals surface area contributed by atoms with Gasteiger partial charge in [0.2, 0.25) is 5.85 Å². The fourth-order valence-corrected chi connectivity index (χ4v) is 6.57. The van der Waals surface area contributed by atoms with Crippen molar-refractivity contribution in [3.8, 4) is 6.07 Å². The summed E-state index contributed by atoms with van der Waals surface area (Å²) in [6.07, 6.45) is 7.48. The molecule has 0 heterocycles. The molecule has 4 aliphatic carbocycles. The highest BCUT2D eigenvalue weighted by Crippen LogP contribution is 2.68. The second-order valence-corrected chi connectivity index (χ2v) is 9.33. The third-order valence-electron chi connectivity index (χ3n) is 7.47. The Balaban J connectivity index is 1.76. The zero-order valence-electron chi connectivity index (χ0n) is 17.0. The topological polar surface area (TPSA) is 42.2 Å². The normalized spacial score (nSPS) is 41.6. The summed E-state index contributed by atoms with van der Waals surface area (Å²) >= 11 is 0. The predicted molar refractivity (Wildman–Crippen MR) is 99.8 cm³/mol. The van der Waals surface area contributed by atoms with Gasteiger partial charge >= 0.3 is 0 Å². The van der Waals surface area contributed by atoms with Gasteiger partial charge in [-0.1, -0.05) is 20.3 Å². The first-order valence-corrected chi connectivity index (χ1v) is 10.7. The van der Waals surface area contributed by atoms with Crippen molar-refractivity contribution in [3.63, 3.8) is 0 Å². The SMILES string of the molecule is CCCOC(C)OC1(F)C2CC3CC1CC(C(CC)CC(C)C#N)(C3)C2. The van der Waals surface area contributed by atoms with E-state index in [2.05, 4.69) is 19.9 Å². The fourth-order valence-electron chi connectivity index (χ4n) is 6.57. The maximum atomic E-state index is 16.1. The summed E-state index contributed by atoms with van der Waals surface area (Å²) in [6, 6.07) is 2.41. The summed E-state index contributed by atoms with van der Waals surface area (Å²) in [5.74, 6) is -0.281. The Kier molecular flexibility index (Phi) is 5.99. The van der Waals surface area contributed by atoms with Crippen LogP contribution in [0.25, 0.3) is 0 Å². The average molecular weight is 366 g/mol. The lowest BCUT2D eigenvalue weighted by atomic mass is 9.44. The molecule has 26 heavy (non-hydrogen) atoms. The van der Waals surface area contributed by atoms with Gasteiger partial charge in [-0.05, 0) is 76.0 Å². The van der Waals surface area contributed by atoms with Crippen molar-refractivity contribution < 1.29 is 13.9 Å². The molecule has 5 unspecified atom stereocenters. The van der Waals surface area contributed by atoms with Crippen LogP contribution in [0, 0.1) is 46.3 Å². The Morgan fingerprint density at radius 3 is 2.35 bits per heavy atom. The number of halogens is 1. The van der Waals surface area contributed by atoms with Crippen molar-refractivity contribution in [2.45, 2.75) is 91.2 Å². The minimum atomic E-state index is -1.52. The van der Waals surface area contributed by atoms with Gasteiger partial charge in [-0.25, -0.2) is 4.39 Å². The maximum Gasteiger partial charge on any atom is 0.217 e. The van der Waals surface area contributed by atoms with E-state index in [9.17, 15) is 5.26 Å². The van der Waals surface area contributed by atoms with Crippen LogP contribution in [-0.2, 0) is 9.47 Å². The molecule has 148 valence electrons. The number of nitriles is 1. The molecule has 4 rings (SSSR count). The molecule has 4 bridgehead atoms. The summed E-state index contributed by atoms with van der Waals surface area (Å²) in [5, 5.41) is 9.27. The van der Waals surface area contributed by atoms with Crippen LogP contribution in [0.2, 0.25) is 0 Å². The summed E-state index contributed by atoms with van der Waals surface area (Å²) in [7, 11) is 0. The number of rotatable bonds is 9. The van der Waals surface area contributed by atoms with Gasteiger partial charge < -0.3 is 9.47 Å². The van der Waals surface area contributed by atoms with E-state index >= 15 is 4.39 Å². The molecule has 0 aromatic heterocycles. The summed E-state index contributed by atoms with van der Waals surface area (Å²) < 4.78 is 27.6. The van der Waals surface area contributed by atoms with Gasteiger partial charge in [0.1, 0.15) is 0 Å². The summed E-state index contributed by atoms with van der Waals surface area (Å²) in [4.78, 5) is 0. The number of alkyl halides is 1. The molecule has 0 N–H and O–H groups in total. The first-order chi connectivity index (χ1) is 12.4. The number of hydrogen-bond donors (Lipinski definition) is 0. The van der Waals surface area contributed by atoms with E-state index in [-0.39, 0.29) is 23.2 Å². The van der Waals surface area contributed by atoms with Crippen LogP contribution >= 0.6 is 0 Å². The van der Waals surface area contributed by atoms with Crippen LogP contribution in [-0.4, -0.2) is 18.8 Å². The van der Waals surface area contributed by atoms with Gasteiger partial charge in [0, 0.05) is 24.4 Å².